The summed E-state index contributed by atoms with van der Waals surface area (Å²) >= 11 is 6.14. The zero-order valence-corrected chi connectivity index (χ0v) is 17.1. The number of aryl methyl sites for hydroxylation is 1. The minimum absolute atomic E-state index is 0. The predicted octanol–water partition coefficient (Wildman–Crippen LogP) is 2.84. The van der Waals surface area contributed by atoms with Gasteiger partial charge in [0.05, 0.1) is 0 Å². The summed E-state index contributed by atoms with van der Waals surface area (Å²) in [5, 5.41) is 11.0. The molecule has 25 heavy (non-hydrogen) atoms. The second-order valence-corrected chi connectivity index (χ2v) is 6.13. The van der Waals surface area contributed by atoms with Gasteiger partial charge in [0.2, 0.25) is 0 Å². The van der Waals surface area contributed by atoms with Crippen LogP contribution in [0.25, 0.3) is 0 Å². The van der Waals surface area contributed by atoms with Crippen LogP contribution in [-0.4, -0.2) is 33.3 Å². The smallest absolute Gasteiger partial charge is 0.191 e. The highest BCUT2D eigenvalue weighted by Gasteiger charge is 2.41. The van der Waals surface area contributed by atoms with E-state index in [0.717, 1.165) is 18.8 Å². The molecule has 6 nitrogen and oxygen atoms in total. The van der Waals surface area contributed by atoms with Crippen molar-refractivity contribution in [2.75, 3.05) is 6.54 Å². The Hall–Kier alpha value is -1.42. The summed E-state index contributed by atoms with van der Waals surface area (Å²) in [6, 6.07) is 4.92. The Balaban J connectivity index is 0.00000225. The molecule has 0 spiro atoms. The third-order valence-electron chi connectivity index (χ3n) is 4.01. The first kappa shape index (κ1) is 19.9. The molecule has 1 aromatic carbocycles. The predicted molar refractivity (Wildman–Crippen MR) is 107 cm³/mol. The van der Waals surface area contributed by atoms with E-state index in [1.807, 2.05) is 14.0 Å². The monoisotopic (exact) mass is 478 g/mol. The summed E-state index contributed by atoms with van der Waals surface area (Å²) in [5.41, 5.74) is 0.584. The Kier molecular flexibility index (Phi) is 7.00. The molecule has 1 aliphatic rings. The van der Waals surface area contributed by atoms with E-state index in [4.69, 9.17) is 11.6 Å². The van der Waals surface area contributed by atoms with Crippen LogP contribution in [0.2, 0.25) is 5.02 Å². The molecular weight excluding hydrogens is 458 g/mol. The van der Waals surface area contributed by atoms with Crippen LogP contribution < -0.4 is 10.6 Å². The molecule has 1 saturated carbocycles. The average Bonchev–Trinajstić information content (AvgIpc) is 3.16. The lowest BCUT2D eigenvalue weighted by Crippen LogP contribution is -2.39. The van der Waals surface area contributed by atoms with Gasteiger partial charge in [-0.1, -0.05) is 17.7 Å². The van der Waals surface area contributed by atoms with Gasteiger partial charge < -0.3 is 10.6 Å². The molecule has 1 aromatic heterocycles. The van der Waals surface area contributed by atoms with Crippen molar-refractivity contribution in [1.82, 2.24) is 25.4 Å². The van der Waals surface area contributed by atoms with Gasteiger partial charge in [-0.2, -0.15) is 5.10 Å². The second kappa shape index (κ2) is 8.79. The highest BCUT2D eigenvalue weighted by molar-refractivity contribution is 14.0. The highest BCUT2D eigenvalue weighted by Crippen LogP contribution is 2.44. The van der Waals surface area contributed by atoms with Gasteiger partial charge >= 0.3 is 0 Å². The van der Waals surface area contributed by atoms with Crippen molar-refractivity contribution in [2.45, 2.75) is 31.8 Å². The maximum absolute atomic E-state index is 14.0. The number of halogens is 3. The zero-order valence-electron chi connectivity index (χ0n) is 14.0. The summed E-state index contributed by atoms with van der Waals surface area (Å²) in [6.07, 6.45) is 2.33. The first-order valence-electron chi connectivity index (χ1n) is 7.91. The number of nitrogens with zero attached hydrogens (tertiary/aromatic N) is 4. The Bertz CT molecular complexity index is 730. The third kappa shape index (κ3) is 4.81. The Morgan fingerprint density at radius 2 is 2.28 bits per heavy atom. The van der Waals surface area contributed by atoms with Crippen LogP contribution in [0, 0.1) is 5.82 Å². The van der Waals surface area contributed by atoms with E-state index in [-0.39, 0.29) is 41.8 Å². The Labute approximate surface area is 168 Å². The number of hydrogen-bond acceptors (Lipinski definition) is 3. The first-order chi connectivity index (χ1) is 11.6. The van der Waals surface area contributed by atoms with Crippen LogP contribution in [0.1, 0.15) is 30.7 Å². The van der Waals surface area contributed by atoms with E-state index in [1.54, 1.807) is 16.8 Å². The van der Waals surface area contributed by atoms with Crippen LogP contribution in [0.4, 0.5) is 4.39 Å². The van der Waals surface area contributed by atoms with Gasteiger partial charge in [0, 0.05) is 36.1 Å². The van der Waals surface area contributed by atoms with E-state index in [9.17, 15) is 4.39 Å². The van der Waals surface area contributed by atoms with Gasteiger partial charge in [0.1, 0.15) is 24.5 Å². The van der Waals surface area contributed by atoms with Gasteiger partial charge in [-0.25, -0.2) is 14.4 Å². The quantitative estimate of drug-likeness (QED) is 0.394. The lowest BCUT2D eigenvalue weighted by atomic mass is 10.1. The molecule has 2 N–H and O–H groups in total. The van der Waals surface area contributed by atoms with E-state index < -0.39 is 0 Å². The maximum Gasteiger partial charge on any atom is 0.191 e. The van der Waals surface area contributed by atoms with E-state index >= 15 is 0 Å². The molecule has 0 bridgehead atoms. The SMILES string of the molecule is CCNC(=NCc1ncnn1C)NC1CC1c1c(F)cccc1Cl.I. The fraction of sp³-hybridized carbons (Fsp3) is 0.438. The highest BCUT2D eigenvalue weighted by atomic mass is 127. The van der Waals surface area contributed by atoms with Crippen LogP contribution in [-0.2, 0) is 13.6 Å². The topological polar surface area (TPSA) is 67.1 Å². The van der Waals surface area contributed by atoms with Gasteiger partial charge in [-0.15, -0.1) is 24.0 Å². The van der Waals surface area contributed by atoms with Gasteiger partial charge in [0.15, 0.2) is 5.96 Å². The van der Waals surface area contributed by atoms with Crippen molar-refractivity contribution >= 4 is 41.5 Å². The third-order valence-corrected chi connectivity index (χ3v) is 4.34. The number of guanidine groups is 1. The number of aromatic nitrogens is 3. The molecule has 1 fully saturated rings. The van der Waals surface area contributed by atoms with Crippen molar-refractivity contribution in [3.05, 3.63) is 46.8 Å². The van der Waals surface area contributed by atoms with Crippen molar-refractivity contribution in [2.24, 2.45) is 12.0 Å². The number of aliphatic imine (C=N–C) groups is 1. The molecule has 2 aromatic rings. The maximum atomic E-state index is 14.0. The number of hydrogen-bond donors (Lipinski definition) is 2. The van der Waals surface area contributed by atoms with Crippen LogP contribution in [0.5, 0.6) is 0 Å². The van der Waals surface area contributed by atoms with Gasteiger partial charge in [0.25, 0.3) is 0 Å². The second-order valence-electron chi connectivity index (χ2n) is 5.72. The Morgan fingerprint density at radius 1 is 1.48 bits per heavy atom. The summed E-state index contributed by atoms with van der Waals surface area (Å²) in [6.45, 7) is 3.16. The van der Waals surface area contributed by atoms with Crippen molar-refractivity contribution in [3.63, 3.8) is 0 Å². The minimum atomic E-state index is -0.252. The Morgan fingerprint density at radius 3 is 2.92 bits per heavy atom. The molecule has 0 radical (unpaired) electrons. The van der Waals surface area contributed by atoms with E-state index in [1.165, 1.54) is 12.4 Å². The first-order valence-corrected chi connectivity index (χ1v) is 8.29. The molecule has 0 saturated heterocycles. The molecule has 0 amide bonds. The van der Waals surface area contributed by atoms with Gasteiger partial charge in [-0.05, 0) is 25.5 Å². The fourth-order valence-corrected chi connectivity index (χ4v) is 2.95. The van der Waals surface area contributed by atoms with Crippen molar-refractivity contribution in [3.8, 4) is 0 Å². The number of benzene rings is 1. The lowest BCUT2D eigenvalue weighted by molar-refractivity contribution is 0.608. The normalized spacial score (nSPS) is 19.3. The zero-order chi connectivity index (χ0) is 17.1. The largest absolute Gasteiger partial charge is 0.357 e. The fourth-order valence-electron chi connectivity index (χ4n) is 2.65. The summed E-state index contributed by atoms with van der Waals surface area (Å²) in [4.78, 5) is 8.66. The molecule has 0 aliphatic heterocycles. The number of rotatable bonds is 5. The molecular formula is C16H21ClFIN6. The average molecular weight is 479 g/mol. The molecule has 3 rings (SSSR count). The van der Waals surface area contributed by atoms with Crippen LogP contribution >= 0.6 is 35.6 Å². The minimum Gasteiger partial charge on any atom is -0.357 e. The number of nitrogens with one attached hydrogen (secondary N) is 2. The molecule has 1 aliphatic carbocycles. The lowest BCUT2D eigenvalue weighted by Gasteiger charge is -2.12. The molecule has 9 heteroatoms. The molecule has 2 unspecified atom stereocenters. The van der Waals surface area contributed by atoms with E-state index in [2.05, 4.69) is 25.7 Å². The van der Waals surface area contributed by atoms with Gasteiger partial charge in [-0.3, -0.25) is 4.68 Å². The standard InChI is InChI=1S/C16H20ClFN6.HI/c1-3-19-16(20-8-14-21-9-22-24(14)2)23-13-7-10(13)15-11(17)5-4-6-12(15)18;/h4-6,9-10,13H,3,7-8H2,1-2H3,(H2,19,20,23);1H. The summed E-state index contributed by atoms with van der Waals surface area (Å²) < 4.78 is 15.7. The molecule has 1 heterocycles. The molecule has 2 atom stereocenters. The summed E-state index contributed by atoms with van der Waals surface area (Å²) in [5.74, 6) is 1.27. The van der Waals surface area contributed by atoms with Crippen LogP contribution in [0.15, 0.2) is 29.5 Å². The van der Waals surface area contributed by atoms with Crippen molar-refractivity contribution < 1.29 is 4.39 Å². The summed E-state index contributed by atoms with van der Waals surface area (Å²) in [7, 11) is 1.83. The molecule has 136 valence electrons. The van der Waals surface area contributed by atoms with Crippen molar-refractivity contribution in [1.29, 1.82) is 0 Å². The van der Waals surface area contributed by atoms with E-state index in [0.29, 0.717) is 23.1 Å². The van der Waals surface area contributed by atoms with Crippen LogP contribution in [0.3, 0.4) is 0 Å².